The lowest BCUT2D eigenvalue weighted by Gasteiger charge is -2.31. The normalized spacial score (nSPS) is 16.0. The summed E-state index contributed by atoms with van der Waals surface area (Å²) < 4.78 is 17.1. The summed E-state index contributed by atoms with van der Waals surface area (Å²) in [5.41, 5.74) is 2.93. The number of rotatable bonds is 13. The van der Waals surface area contributed by atoms with E-state index in [4.69, 9.17) is 14.0 Å². The Labute approximate surface area is 204 Å². The van der Waals surface area contributed by atoms with E-state index in [1.165, 1.54) is 0 Å². The molecule has 0 saturated carbocycles. The predicted molar refractivity (Wildman–Crippen MR) is 135 cm³/mol. The first-order valence-corrected chi connectivity index (χ1v) is 12.4. The minimum atomic E-state index is -0.571. The zero-order chi connectivity index (χ0) is 24.5. The zero-order valence-corrected chi connectivity index (χ0v) is 21.4. The van der Waals surface area contributed by atoms with Gasteiger partial charge in [0.2, 0.25) is 5.88 Å². The number of nitrogens with zero attached hydrogens (tertiary/aromatic N) is 4. The maximum atomic E-state index is 10.7. The molecule has 2 heterocycles. The SMILES string of the molecule is CC(C)OC[C@@H](O)CN(CCN1CCOCC1)Cc1c(-c2ccccc2)noc1N(C)C(C)C. The van der Waals surface area contributed by atoms with E-state index >= 15 is 0 Å². The van der Waals surface area contributed by atoms with Gasteiger partial charge < -0.3 is 24.0 Å². The van der Waals surface area contributed by atoms with Crippen molar-refractivity contribution >= 4 is 5.88 Å². The van der Waals surface area contributed by atoms with Crippen molar-refractivity contribution in [1.82, 2.24) is 15.0 Å². The summed E-state index contributed by atoms with van der Waals surface area (Å²) in [6.07, 6.45) is -0.482. The predicted octanol–water partition coefficient (Wildman–Crippen LogP) is 3.11. The molecule has 0 unspecified atom stereocenters. The average molecular weight is 475 g/mol. The summed E-state index contributed by atoms with van der Waals surface area (Å²) in [4.78, 5) is 6.83. The van der Waals surface area contributed by atoms with Crippen molar-refractivity contribution in [2.75, 3.05) is 64.5 Å². The number of hydrogen-bond donors (Lipinski definition) is 1. The smallest absolute Gasteiger partial charge is 0.232 e. The van der Waals surface area contributed by atoms with Crippen molar-refractivity contribution in [3.8, 4) is 11.3 Å². The van der Waals surface area contributed by atoms with Crippen LogP contribution in [0.1, 0.15) is 33.3 Å². The molecular formula is C26H42N4O4. The molecule has 8 heteroatoms. The highest BCUT2D eigenvalue weighted by molar-refractivity contribution is 5.68. The molecule has 1 aromatic heterocycles. The first-order valence-electron chi connectivity index (χ1n) is 12.4. The van der Waals surface area contributed by atoms with Gasteiger partial charge in [-0.25, -0.2) is 0 Å². The van der Waals surface area contributed by atoms with Crippen molar-refractivity contribution in [3.05, 3.63) is 35.9 Å². The number of anilines is 1. The fourth-order valence-corrected chi connectivity index (χ4v) is 4.00. The highest BCUT2D eigenvalue weighted by atomic mass is 16.5. The second kappa shape index (κ2) is 13.2. The molecule has 1 aliphatic rings. The highest BCUT2D eigenvalue weighted by Crippen LogP contribution is 2.32. The number of ether oxygens (including phenoxy) is 2. The van der Waals surface area contributed by atoms with Gasteiger partial charge in [-0.05, 0) is 27.7 Å². The van der Waals surface area contributed by atoms with E-state index in [-0.39, 0.29) is 12.1 Å². The molecule has 1 saturated heterocycles. The molecule has 2 aromatic rings. The Morgan fingerprint density at radius 1 is 1.12 bits per heavy atom. The second-order valence-electron chi connectivity index (χ2n) is 9.61. The lowest BCUT2D eigenvalue weighted by molar-refractivity contribution is -0.0128. The van der Waals surface area contributed by atoms with Crippen molar-refractivity contribution < 1.29 is 19.1 Å². The second-order valence-corrected chi connectivity index (χ2v) is 9.61. The standard InChI is InChI=1S/C26H42N4O4/c1-20(2)28(5)26-24(25(27-34-26)22-9-7-6-8-10-22)18-30(17-23(31)19-33-21(3)4)12-11-29-13-15-32-16-14-29/h6-10,20-21,23,31H,11-19H2,1-5H3/t23-/m0/s1. The fourth-order valence-electron chi connectivity index (χ4n) is 4.00. The van der Waals surface area contributed by atoms with Gasteiger partial charge in [0.25, 0.3) is 0 Å². The molecule has 0 radical (unpaired) electrons. The molecule has 34 heavy (non-hydrogen) atoms. The Morgan fingerprint density at radius 2 is 1.82 bits per heavy atom. The number of hydrogen-bond acceptors (Lipinski definition) is 8. The molecule has 0 amide bonds. The molecule has 1 fully saturated rings. The molecule has 3 rings (SSSR count). The van der Waals surface area contributed by atoms with Gasteiger partial charge in [0.15, 0.2) is 0 Å². The molecule has 8 nitrogen and oxygen atoms in total. The summed E-state index contributed by atoms with van der Waals surface area (Å²) in [7, 11) is 2.03. The summed E-state index contributed by atoms with van der Waals surface area (Å²) in [5.74, 6) is 0.776. The van der Waals surface area contributed by atoms with Crippen molar-refractivity contribution in [2.45, 2.75) is 52.5 Å². The van der Waals surface area contributed by atoms with Crippen LogP contribution in [0.25, 0.3) is 11.3 Å². The minimum absolute atomic E-state index is 0.0884. The summed E-state index contributed by atoms with van der Waals surface area (Å²) in [6.45, 7) is 14.9. The maximum Gasteiger partial charge on any atom is 0.232 e. The van der Waals surface area contributed by atoms with Crippen molar-refractivity contribution in [2.24, 2.45) is 0 Å². The third-order valence-electron chi connectivity index (χ3n) is 6.22. The van der Waals surface area contributed by atoms with Gasteiger partial charge in [0, 0.05) is 57.9 Å². The summed E-state index contributed by atoms with van der Waals surface area (Å²) in [6, 6.07) is 10.4. The van der Waals surface area contributed by atoms with Crippen LogP contribution in [0, 0.1) is 0 Å². The van der Waals surface area contributed by atoms with Crippen LogP contribution in [-0.2, 0) is 16.0 Å². The third-order valence-corrected chi connectivity index (χ3v) is 6.22. The first kappa shape index (κ1) is 26.6. The number of aliphatic hydroxyl groups is 1. The van der Waals surface area contributed by atoms with Gasteiger partial charge in [-0.2, -0.15) is 0 Å². The molecule has 1 aliphatic heterocycles. The highest BCUT2D eigenvalue weighted by Gasteiger charge is 2.25. The van der Waals surface area contributed by atoms with E-state index in [0.717, 1.165) is 62.1 Å². The zero-order valence-electron chi connectivity index (χ0n) is 21.4. The van der Waals surface area contributed by atoms with E-state index in [9.17, 15) is 5.11 Å². The Kier molecular flexibility index (Phi) is 10.3. The van der Waals surface area contributed by atoms with E-state index in [2.05, 4.69) is 45.8 Å². The van der Waals surface area contributed by atoms with Crippen molar-refractivity contribution in [1.29, 1.82) is 0 Å². The van der Waals surface area contributed by atoms with Gasteiger partial charge in [0.05, 0.1) is 37.6 Å². The van der Waals surface area contributed by atoms with Gasteiger partial charge in [-0.15, -0.1) is 0 Å². The molecule has 0 bridgehead atoms. The van der Waals surface area contributed by atoms with Gasteiger partial charge in [-0.3, -0.25) is 9.80 Å². The molecule has 190 valence electrons. The van der Waals surface area contributed by atoms with Crippen LogP contribution in [0.5, 0.6) is 0 Å². The van der Waals surface area contributed by atoms with E-state index in [0.29, 0.717) is 19.7 Å². The van der Waals surface area contributed by atoms with E-state index in [1.807, 2.05) is 39.1 Å². The quantitative estimate of drug-likeness (QED) is 0.475. The lowest BCUT2D eigenvalue weighted by atomic mass is 10.1. The summed E-state index contributed by atoms with van der Waals surface area (Å²) in [5, 5.41) is 15.2. The van der Waals surface area contributed by atoms with Crippen LogP contribution in [-0.4, -0.2) is 97.9 Å². The summed E-state index contributed by atoms with van der Waals surface area (Å²) >= 11 is 0. The molecule has 0 spiro atoms. The average Bonchev–Trinajstić information content (AvgIpc) is 3.25. The maximum absolute atomic E-state index is 10.7. The molecule has 1 atom stereocenters. The molecule has 1 N–H and O–H groups in total. The number of benzene rings is 1. The Balaban J connectivity index is 1.83. The largest absolute Gasteiger partial charge is 0.389 e. The lowest BCUT2D eigenvalue weighted by Crippen LogP contribution is -2.43. The molecular weight excluding hydrogens is 432 g/mol. The number of aromatic nitrogens is 1. The van der Waals surface area contributed by atoms with Crippen LogP contribution < -0.4 is 4.90 Å². The van der Waals surface area contributed by atoms with Crippen molar-refractivity contribution in [3.63, 3.8) is 0 Å². The number of morpholine rings is 1. The van der Waals surface area contributed by atoms with Crippen LogP contribution in [0.15, 0.2) is 34.9 Å². The number of aliphatic hydroxyl groups excluding tert-OH is 1. The minimum Gasteiger partial charge on any atom is -0.389 e. The molecule has 0 aliphatic carbocycles. The van der Waals surface area contributed by atoms with Crippen LogP contribution >= 0.6 is 0 Å². The van der Waals surface area contributed by atoms with Gasteiger partial charge in [-0.1, -0.05) is 35.5 Å². The Morgan fingerprint density at radius 3 is 2.47 bits per heavy atom. The van der Waals surface area contributed by atoms with Crippen LogP contribution in [0.3, 0.4) is 0 Å². The topological polar surface area (TPSA) is 74.4 Å². The Hall–Kier alpha value is -1.97. The van der Waals surface area contributed by atoms with E-state index in [1.54, 1.807) is 0 Å². The van der Waals surface area contributed by atoms with Gasteiger partial charge in [0.1, 0.15) is 5.69 Å². The van der Waals surface area contributed by atoms with E-state index < -0.39 is 6.10 Å². The molecule has 1 aromatic carbocycles. The fraction of sp³-hybridized carbons (Fsp3) is 0.654. The van der Waals surface area contributed by atoms with Gasteiger partial charge >= 0.3 is 0 Å². The monoisotopic (exact) mass is 474 g/mol. The first-order chi connectivity index (χ1) is 16.3. The Bertz CT molecular complexity index is 837. The van der Waals surface area contributed by atoms with Crippen LogP contribution in [0.4, 0.5) is 5.88 Å². The third kappa shape index (κ3) is 7.78. The van der Waals surface area contributed by atoms with Crippen LogP contribution in [0.2, 0.25) is 0 Å².